The Morgan fingerprint density at radius 2 is 1.88 bits per heavy atom. The Kier molecular flexibility index (Phi) is 5.33. The summed E-state index contributed by atoms with van der Waals surface area (Å²) in [6.45, 7) is 2.64. The Balaban J connectivity index is 1.49. The number of nitrogens with zero attached hydrogens (tertiary/aromatic N) is 1. The number of carbonyl (C=O) groups excluding carboxylic acids is 1. The monoisotopic (exact) mass is 338 g/mol. The van der Waals surface area contributed by atoms with Gasteiger partial charge in [0.2, 0.25) is 0 Å². The number of aryl methyl sites for hydroxylation is 1. The predicted molar refractivity (Wildman–Crippen MR) is 96.2 cm³/mol. The molecule has 0 fully saturated rings. The van der Waals surface area contributed by atoms with Gasteiger partial charge >= 0.3 is 0 Å². The molecule has 1 amide bonds. The number of rotatable bonds is 6. The van der Waals surface area contributed by atoms with Crippen LogP contribution in [-0.2, 0) is 0 Å². The van der Waals surface area contributed by atoms with Crippen molar-refractivity contribution in [3.63, 3.8) is 0 Å². The van der Waals surface area contributed by atoms with E-state index in [9.17, 15) is 4.79 Å². The highest BCUT2D eigenvalue weighted by molar-refractivity contribution is 7.99. The smallest absolute Gasteiger partial charge is 0.273 e. The van der Waals surface area contributed by atoms with E-state index in [2.05, 4.69) is 41.7 Å². The van der Waals surface area contributed by atoms with Crippen LogP contribution in [0.3, 0.4) is 0 Å². The second-order valence-corrected chi connectivity index (χ2v) is 6.53. The van der Waals surface area contributed by atoms with Gasteiger partial charge < -0.3 is 9.84 Å². The van der Waals surface area contributed by atoms with Crippen LogP contribution in [0.4, 0.5) is 0 Å². The van der Waals surface area contributed by atoms with Crippen LogP contribution in [0.1, 0.15) is 16.1 Å². The van der Waals surface area contributed by atoms with Gasteiger partial charge in [0.1, 0.15) is 0 Å². The second-order valence-electron chi connectivity index (χ2n) is 5.36. The highest BCUT2D eigenvalue weighted by atomic mass is 32.2. The fourth-order valence-corrected chi connectivity index (χ4v) is 2.95. The average molecular weight is 338 g/mol. The molecule has 0 saturated carbocycles. The normalized spacial score (nSPS) is 10.5. The number of aromatic nitrogens is 1. The fourth-order valence-electron chi connectivity index (χ4n) is 2.18. The lowest BCUT2D eigenvalue weighted by atomic mass is 10.1. The van der Waals surface area contributed by atoms with Crippen molar-refractivity contribution in [2.75, 3.05) is 12.3 Å². The lowest BCUT2D eigenvalue weighted by Crippen LogP contribution is -2.25. The molecule has 3 rings (SSSR count). The minimum Gasteiger partial charge on any atom is -0.355 e. The number of nitrogens with one attached hydrogen (secondary N) is 1. The Labute approximate surface area is 145 Å². The van der Waals surface area contributed by atoms with E-state index in [0.29, 0.717) is 18.0 Å². The topological polar surface area (TPSA) is 55.1 Å². The van der Waals surface area contributed by atoms with Gasteiger partial charge in [-0.3, -0.25) is 4.79 Å². The van der Waals surface area contributed by atoms with Crippen LogP contribution in [-0.4, -0.2) is 23.4 Å². The van der Waals surface area contributed by atoms with Crippen molar-refractivity contribution in [3.8, 4) is 11.3 Å². The number of hydrogen-bond donors (Lipinski definition) is 1. The Morgan fingerprint density at radius 1 is 1.12 bits per heavy atom. The molecule has 0 atom stereocenters. The summed E-state index contributed by atoms with van der Waals surface area (Å²) in [7, 11) is 0. The van der Waals surface area contributed by atoms with Gasteiger partial charge in [-0.05, 0) is 19.1 Å². The van der Waals surface area contributed by atoms with E-state index in [-0.39, 0.29) is 5.91 Å². The van der Waals surface area contributed by atoms with Crippen molar-refractivity contribution >= 4 is 17.7 Å². The van der Waals surface area contributed by atoms with Crippen LogP contribution in [0, 0.1) is 6.92 Å². The first kappa shape index (κ1) is 16.3. The van der Waals surface area contributed by atoms with Crippen molar-refractivity contribution in [2.24, 2.45) is 0 Å². The van der Waals surface area contributed by atoms with Crippen LogP contribution < -0.4 is 5.32 Å². The zero-order chi connectivity index (χ0) is 16.8. The van der Waals surface area contributed by atoms with Crippen LogP contribution >= 0.6 is 11.8 Å². The van der Waals surface area contributed by atoms with Gasteiger partial charge in [0.15, 0.2) is 11.5 Å². The van der Waals surface area contributed by atoms with Crippen LogP contribution in [0.2, 0.25) is 0 Å². The summed E-state index contributed by atoms with van der Waals surface area (Å²) in [5, 5.41) is 6.71. The molecule has 24 heavy (non-hydrogen) atoms. The molecule has 122 valence electrons. The standard InChI is InChI=1S/C19H18N2O2S/c1-14-7-9-16(10-8-14)24-12-11-20-19(22)17-13-18(23-21-17)15-5-3-2-4-6-15/h2-10,13H,11-12H2,1H3,(H,20,22). The summed E-state index contributed by atoms with van der Waals surface area (Å²) in [4.78, 5) is 13.3. The van der Waals surface area contributed by atoms with Gasteiger partial charge in [0.25, 0.3) is 5.91 Å². The largest absolute Gasteiger partial charge is 0.355 e. The summed E-state index contributed by atoms with van der Waals surface area (Å²) < 4.78 is 5.24. The number of benzene rings is 2. The van der Waals surface area contributed by atoms with Crippen molar-refractivity contribution in [1.29, 1.82) is 0 Å². The Bertz CT molecular complexity index is 798. The van der Waals surface area contributed by atoms with Crippen molar-refractivity contribution in [2.45, 2.75) is 11.8 Å². The molecule has 0 radical (unpaired) electrons. The molecule has 3 aromatic rings. The molecule has 0 unspecified atom stereocenters. The van der Waals surface area contributed by atoms with E-state index in [1.807, 2.05) is 30.3 Å². The quantitative estimate of drug-likeness (QED) is 0.541. The van der Waals surface area contributed by atoms with E-state index in [1.165, 1.54) is 10.5 Å². The summed E-state index contributed by atoms with van der Waals surface area (Å²) in [6.07, 6.45) is 0. The van der Waals surface area contributed by atoms with Crippen molar-refractivity contribution in [3.05, 3.63) is 71.9 Å². The van der Waals surface area contributed by atoms with E-state index >= 15 is 0 Å². The van der Waals surface area contributed by atoms with E-state index in [1.54, 1.807) is 17.8 Å². The number of amides is 1. The van der Waals surface area contributed by atoms with Crippen molar-refractivity contribution < 1.29 is 9.32 Å². The molecule has 1 N–H and O–H groups in total. The van der Waals surface area contributed by atoms with Gasteiger partial charge in [-0.1, -0.05) is 53.2 Å². The second kappa shape index (κ2) is 7.84. The molecule has 2 aromatic carbocycles. The first-order chi connectivity index (χ1) is 11.7. The molecule has 0 spiro atoms. The summed E-state index contributed by atoms with van der Waals surface area (Å²) in [5.74, 6) is 1.18. The molecule has 4 nitrogen and oxygen atoms in total. The van der Waals surface area contributed by atoms with E-state index in [4.69, 9.17) is 4.52 Å². The molecule has 0 aliphatic heterocycles. The van der Waals surface area contributed by atoms with Crippen molar-refractivity contribution in [1.82, 2.24) is 10.5 Å². The number of hydrogen-bond acceptors (Lipinski definition) is 4. The third-order valence-electron chi connectivity index (χ3n) is 3.48. The SMILES string of the molecule is Cc1ccc(SCCNC(=O)c2cc(-c3ccccc3)on2)cc1. The third-order valence-corrected chi connectivity index (χ3v) is 4.49. The van der Waals surface area contributed by atoms with Crippen LogP contribution in [0.25, 0.3) is 11.3 Å². The highest BCUT2D eigenvalue weighted by Crippen LogP contribution is 2.20. The maximum atomic E-state index is 12.1. The maximum absolute atomic E-state index is 12.1. The summed E-state index contributed by atoms with van der Waals surface area (Å²) >= 11 is 1.71. The lowest BCUT2D eigenvalue weighted by Gasteiger charge is -2.03. The van der Waals surface area contributed by atoms with Gasteiger partial charge in [0.05, 0.1) is 0 Å². The van der Waals surface area contributed by atoms with E-state index in [0.717, 1.165) is 11.3 Å². The Hall–Kier alpha value is -2.53. The zero-order valence-corrected chi connectivity index (χ0v) is 14.2. The lowest BCUT2D eigenvalue weighted by molar-refractivity contribution is 0.0947. The van der Waals surface area contributed by atoms with Crippen LogP contribution in [0.5, 0.6) is 0 Å². The molecule has 0 bridgehead atoms. The third kappa shape index (κ3) is 4.26. The molecule has 0 aliphatic carbocycles. The molecule has 5 heteroatoms. The minimum atomic E-state index is -0.217. The fraction of sp³-hybridized carbons (Fsp3) is 0.158. The maximum Gasteiger partial charge on any atom is 0.273 e. The van der Waals surface area contributed by atoms with Crippen LogP contribution in [0.15, 0.2) is 70.1 Å². The predicted octanol–water partition coefficient (Wildman–Crippen LogP) is 4.17. The highest BCUT2D eigenvalue weighted by Gasteiger charge is 2.12. The van der Waals surface area contributed by atoms with E-state index < -0.39 is 0 Å². The molecule has 0 aliphatic rings. The number of thioether (sulfide) groups is 1. The van der Waals surface area contributed by atoms with Gasteiger partial charge in [0, 0.05) is 28.8 Å². The zero-order valence-electron chi connectivity index (χ0n) is 13.4. The van der Waals surface area contributed by atoms with Gasteiger partial charge in [-0.25, -0.2) is 0 Å². The van der Waals surface area contributed by atoms with Gasteiger partial charge in [-0.15, -0.1) is 11.8 Å². The minimum absolute atomic E-state index is 0.217. The summed E-state index contributed by atoms with van der Waals surface area (Å²) in [6, 6.07) is 19.6. The molecular formula is C19H18N2O2S. The molecule has 0 saturated heterocycles. The first-order valence-electron chi connectivity index (χ1n) is 7.72. The average Bonchev–Trinajstić information content (AvgIpc) is 3.11. The molecular weight excluding hydrogens is 320 g/mol. The summed E-state index contributed by atoms with van der Waals surface area (Å²) in [5.41, 5.74) is 2.45. The number of carbonyl (C=O) groups is 1. The molecule has 1 aromatic heterocycles. The van der Waals surface area contributed by atoms with Gasteiger partial charge in [-0.2, -0.15) is 0 Å². The first-order valence-corrected chi connectivity index (χ1v) is 8.71. The Morgan fingerprint density at radius 3 is 2.62 bits per heavy atom. The molecule has 1 heterocycles.